The van der Waals surface area contributed by atoms with Gasteiger partial charge in [-0.25, -0.2) is 0 Å². The molecule has 2 unspecified atom stereocenters. The van der Waals surface area contributed by atoms with E-state index in [0.717, 1.165) is 38.2 Å². The van der Waals surface area contributed by atoms with Crippen molar-refractivity contribution in [3.8, 4) is 0 Å². The first kappa shape index (κ1) is 21.0. The third kappa shape index (κ3) is 6.12. The van der Waals surface area contributed by atoms with Crippen LogP contribution in [0.25, 0.3) is 0 Å². The van der Waals surface area contributed by atoms with Gasteiger partial charge in [0.2, 0.25) is 0 Å². The molecule has 1 aromatic rings. The van der Waals surface area contributed by atoms with Gasteiger partial charge in [-0.05, 0) is 62.7 Å². The zero-order valence-electron chi connectivity index (χ0n) is 16.7. The molecule has 7 heteroatoms. The number of halogens is 3. The van der Waals surface area contributed by atoms with E-state index in [1.54, 1.807) is 7.05 Å². The second-order valence-corrected chi connectivity index (χ2v) is 8.07. The lowest BCUT2D eigenvalue weighted by atomic mass is 9.93. The molecule has 1 saturated heterocycles. The minimum Gasteiger partial charge on any atom is -0.356 e. The summed E-state index contributed by atoms with van der Waals surface area (Å²) < 4.78 is 37.4. The van der Waals surface area contributed by atoms with E-state index >= 15 is 0 Å². The number of aryl methyl sites for hydroxylation is 1. The molecule has 0 radical (unpaired) electrons. The van der Waals surface area contributed by atoms with Crippen LogP contribution in [0.2, 0.25) is 0 Å². The molecular formula is C21H31F3N4. The number of hydrogen-bond acceptors (Lipinski definition) is 2. The van der Waals surface area contributed by atoms with Gasteiger partial charge in [-0.1, -0.05) is 24.3 Å². The first-order valence-corrected chi connectivity index (χ1v) is 10.2. The summed E-state index contributed by atoms with van der Waals surface area (Å²) >= 11 is 0. The Morgan fingerprint density at radius 3 is 2.57 bits per heavy atom. The molecule has 2 atom stereocenters. The van der Waals surface area contributed by atoms with Gasteiger partial charge in [-0.2, -0.15) is 13.2 Å². The molecule has 0 bridgehead atoms. The summed E-state index contributed by atoms with van der Waals surface area (Å²) in [6.45, 7) is 3.25. The number of likely N-dealkylation sites (tertiary alicyclic amines) is 1. The van der Waals surface area contributed by atoms with Crippen molar-refractivity contribution in [3.63, 3.8) is 0 Å². The second-order valence-electron chi connectivity index (χ2n) is 8.07. The molecule has 3 rings (SSSR count). The van der Waals surface area contributed by atoms with Crippen molar-refractivity contribution in [2.24, 2.45) is 10.9 Å². The van der Waals surface area contributed by atoms with Crippen LogP contribution in [-0.4, -0.2) is 56.3 Å². The van der Waals surface area contributed by atoms with Crippen molar-refractivity contribution >= 4 is 5.96 Å². The van der Waals surface area contributed by atoms with E-state index in [9.17, 15) is 13.2 Å². The number of hydrogen-bond donors (Lipinski definition) is 2. The van der Waals surface area contributed by atoms with Gasteiger partial charge in [-0.15, -0.1) is 0 Å². The van der Waals surface area contributed by atoms with E-state index in [-0.39, 0.29) is 0 Å². The number of piperidine rings is 1. The van der Waals surface area contributed by atoms with Crippen molar-refractivity contribution < 1.29 is 13.2 Å². The number of guanidine groups is 1. The topological polar surface area (TPSA) is 39.7 Å². The SMILES string of the molecule is CN=C(NCCC1CCN(CC(F)(F)F)CC1)NC1CC1c1ccccc1C. The van der Waals surface area contributed by atoms with Crippen LogP contribution in [0.4, 0.5) is 13.2 Å². The van der Waals surface area contributed by atoms with Crippen LogP contribution in [0.15, 0.2) is 29.3 Å². The highest BCUT2D eigenvalue weighted by Gasteiger charge is 2.39. The number of rotatable bonds is 6. The van der Waals surface area contributed by atoms with Crippen molar-refractivity contribution in [1.29, 1.82) is 0 Å². The maximum Gasteiger partial charge on any atom is 0.401 e. The summed E-state index contributed by atoms with van der Waals surface area (Å²) in [5, 5.41) is 6.86. The van der Waals surface area contributed by atoms with Crippen LogP contribution >= 0.6 is 0 Å². The molecule has 1 aliphatic heterocycles. The number of nitrogens with one attached hydrogen (secondary N) is 2. The summed E-state index contributed by atoms with van der Waals surface area (Å²) in [6, 6.07) is 8.92. The van der Waals surface area contributed by atoms with Gasteiger partial charge in [0.1, 0.15) is 0 Å². The largest absolute Gasteiger partial charge is 0.401 e. The lowest BCUT2D eigenvalue weighted by Crippen LogP contribution is -2.42. The lowest BCUT2D eigenvalue weighted by molar-refractivity contribution is -0.148. The fraction of sp³-hybridized carbons (Fsp3) is 0.667. The summed E-state index contributed by atoms with van der Waals surface area (Å²) in [5.74, 6) is 1.84. The molecule has 0 aromatic heterocycles. The van der Waals surface area contributed by atoms with E-state index in [1.807, 2.05) is 0 Å². The monoisotopic (exact) mass is 396 g/mol. The highest BCUT2D eigenvalue weighted by atomic mass is 19.4. The normalized spacial score (nSPS) is 24.2. The number of aliphatic imine (C=N–C) groups is 1. The molecule has 1 saturated carbocycles. The molecule has 2 fully saturated rings. The zero-order chi connectivity index (χ0) is 20.1. The van der Waals surface area contributed by atoms with Gasteiger partial charge in [0, 0.05) is 25.6 Å². The maximum absolute atomic E-state index is 12.5. The van der Waals surface area contributed by atoms with Crippen LogP contribution in [-0.2, 0) is 0 Å². The average molecular weight is 397 g/mol. The van der Waals surface area contributed by atoms with Crippen molar-refractivity contribution in [1.82, 2.24) is 15.5 Å². The molecule has 0 spiro atoms. The van der Waals surface area contributed by atoms with Crippen LogP contribution in [0.5, 0.6) is 0 Å². The zero-order valence-corrected chi connectivity index (χ0v) is 16.7. The maximum atomic E-state index is 12.5. The molecule has 1 aromatic carbocycles. The van der Waals surface area contributed by atoms with Gasteiger partial charge in [0.05, 0.1) is 6.54 Å². The third-order valence-corrected chi connectivity index (χ3v) is 5.88. The van der Waals surface area contributed by atoms with E-state index in [4.69, 9.17) is 0 Å². The Kier molecular flexibility index (Phi) is 6.86. The fourth-order valence-electron chi connectivity index (χ4n) is 4.15. The summed E-state index contributed by atoms with van der Waals surface area (Å²) in [6.07, 6.45) is -0.343. The Hall–Kier alpha value is -1.76. The first-order chi connectivity index (χ1) is 13.4. The Morgan fingerprint density at radius 1 is 1.21 bits per heavy atom. The van der Waals surface area contributed by atoms with Crippen molar-refractivity contribution in [3.05, 3.63) is 35.4 Å². The van der Waals surface area contributed by atoms with E-state index in [0.29, 0.717) is 31.0 Å². The Balaban J connectivity index is 1.34. The van der Waals surface area contributed by atoms with Gasteiger partial charge in [-0.3, -0.25) is 9.89 Å². The summed E-state index contributed by atoms with van der Waals surface area (Å²) in [7, 11) is 1.77. The van der Waals surface area contributed by atoms with Crippen molar-refractivity contribution in [2.45, 2.75) is 50.7 Å². The predicted octanol–water partition coefficient (Wildman–Crippen LogP) is 3.68. The molecule has 156 valence electrons. The molecule has 2 aliphatic rings. The van der Waals surface area contributed by atoms with E-state index in [2.05, 4.69) is 46.8 Å². The fourth-order valence-corrected chi connectivity index (χ4v) is 4.15. The molecule has 4 nitrogen and oxygen atoms in total. The number of benzene rings is 1. The quantitative estimate of drug-likeness (QED) is 0.569. The van der Waals surface area contributed by atoms with Crippen molar-refractivity contribution in [2.75, 3.05) is 33.2 Å². The van der Waals surface area contributed by atoms with Gasteiger partial charge in [0.15, 0.2) is 5.96 Å². The Bertz CT molecular complexity index is 666. The second kappa shape index (κ2) is 9.16. The molecule has 1 aliphatic carbocycles. The number of alkyl halides is 3. The lowest BCUT2D eigenvalue weighted by Gasteiger charge is -2.32. The van der Waals surface area contributed by atoms with Gasteiger partial charge >= 0.3 is 6.18 Å². The third-order valence-electron chi connectivity index (χ3n) is 5.88. The number of nitrogens with zero attached hydrogens (tertiary/aromatic N) is 2. The van der Waals surface area contributed by atoms with Crippen LogP contribution in [0, 0.1) is 12.8 Å². The summed E-state index contributed by atoms with van der Waals surface area (Å²) in [4.78, 5) is 5.83. The van der Waals surface area contributed by atoms with E-state index in [1.165, 1.54) is 16.0 Å². The molecule has 0 amide bonds. The molecule has 2 N–H and O–H groups in total. The van der Waals surface area contributed by atoms with E-state index < -0.39 is 12.7 Å². The van der Waals surface area contributed by atoms with Crippen LogP contribution in [0.1, 0.15) is 42.7 Å². The van der Waals surface area contributed by atoms with Crippen LogP contribution < -0.4 is 10.6 Å². The Morgan fingerprint density at radius 2 is 1.93 bits per heavy atom. The highest BCUT2D eigenvalue weighted by molar-refractivity contribution is 5.80. The van der Waals surface area contributed by atoms with Gasteiger partial charge in [0.25, 0.3) is 0 Å². The van der Waals surface area contributed by atoms with Gasteiger partial charge < -0.3 is 10.6 Å². The summed E-state index contributed by atoms with van der Waals surface area (Å²) in [5.41, 5.74) is 2.73. The molecular weight excluding hydrogens is 365 g/mol. The predicted molar refractivity (Wildman–Crippen MR) is 107 cm³/mol. The standard InChI is InChI=1S/C21H31F3N4/c1-15-5-3-4-6-17(15)18-13-19(18)27-20(25-2)26-10-7-16-8-11-28(12-9-16)14-21(22,23)24/h3-6,16,18-19H,7-14H2,1-2H3,(H2,25,26,27). The average Bonchev–Trinajstić information content (AvgIpc) is 3.40. The minimum atomic E-state index is -4.09. The smallest absolute Gasteiger partial charge is 0.356 e. The van der Waals surface area contributed by atoms with Crippen LogP contribution in [0.3, 0.4) is 0 Å². The Labute approximate surface area is 165 Å². The molecule has 1 heterocycles. The first-order valence-electron chi connectivity index (χ1n) is 10.2. The highest BCUT2D eigenvalue weighted by Crippen LogP contribution is 2.42. The molecule has 28 heavy (non-hydrogen) atoms. The minimum absolute atomic E-state index is 0.415.